The lowest BCUT2D eigenvalue weighted by Crippen LogP contribution is -2.46. The van der Waals surface area contributed by atoms with Crippen molar-refractivity contribution in [1.82, 2.24) is 14.9 Å². The minimum absolute atomic E-state index is 0.346. The van der Waals surface area contributed by atoms with Crippen LogP contribution in [0.2, 0.25) is 0 Å². The van der Waals surface area contributed by atoms with Gasteiger partial charge in [0.05, 0.1) is 12.6 Å². The van der Waals surface area contributed by atoms with Gasteiger partial charge in [-0.2, -0.15) is 10.5 Å². The molecule has 0 radical (unpaired) electrons. The summed E-state index contributed by atoms with van der Waals surface area (Å²) >= 11 is 0. The highest BCUT2D eigenvalue weighted by molar-refractivity contribution is 5.15. The van der Waals surface area contributed by atoms with Crippen LogP contribution in [-0.2, 0) is 6.54 Å². The molecule has 1 heterocycles. The minimum atomic E-state index is -0.631. The maximum atomic E-state index is 9.20. The third kappa shape index (κ3) is 2.21. The molecule has 5 nitrogen and oxygen atoms in total. The van der Waals surface area contributed by atoms with Crippen molar-refractivity contribution in [1.29, 1.82) is 10.5 Å². The van der Waals surface area contributed by atoms with Gasteiger partial charge in [-0.15, -0.1) is 0 Å². The summed E-state index contributed by atoms with van der Waals surface area (Å²) in [6.45, 7) is 2.30. The number of rotatable bonds is 4. The molecule has 0 saturated heterocycles. The maximum Gasteiger partial charge on any atom is 0.212 e. The summed E-state index contributed by atoms with van der Waals surface area (Å²) in [5.74, 6) is 0.346. The Balaban J connectivity index is 2.12. The molecule has 1 fully saturated rings. The SMILES string of the molecule is CC(C#N)(Cn1ccnc1C#N)NC1CC1. The Labute approximate surface area is 94.3 Å². The molecule has 1 aromatic heterocycles. The van der Waals surface area contributed by atoms with Gasteiger partial charge < -0.3 is 4.57 Å². The van der Waals surface area contributed by atoms with Crippen molar-refractivity contribution in [3.63, 3.8) is 0 Å². The maximum absolute atomic E-state index is 9.20. The number of hydrogen-bond acceptors (Lipinski definition) is 4. The second-order valence-electron chi connectivity index (χ2n) is 4.35. The first-order valence-electron chi connectivity index (χ1n) is 5.27. The van der Waals surface area contributed by atoms with E-state index in [1.54, 1.807) is 17.0 Å². The Kier molecular flexibility index (Phi) is 2.64. The fourth-order valence-electron chi connectivity index (χ4n) is 1.68. The van der Waals surface area contributed by atoms with Crippen molar-refractivity contribution in [2.24, 2.45) is 0 Å². The van der Waals surface area contributed by atoms with Gasteiger partial charge >= 0.3 is 0 Å². The van der Waals surface area contributed by atoms with Crippen molar-refractivity contribution in [2.75, 3.05) is 0 Å². The Morgan fingerprint density at radius 2 is 2.38 bits per heavy atom. The standard InChI is InChI=1S/C11H13N5/c1-11(7-13,15-9-2-3-9)8-16-5-4-14-10(16)6-12/h4-5,9,15H,2-3,8H2,1H3. The smallest absolute Gasteiger partial charge is 0.212 e. The molecule has 5 heteroatoms. The molecule has 1 saturated carbocycles. The zero-order valence-electron chi connectivity index (χ0n) is 9.14. The summed E-state index contributed by atoms with van der Waals surface area (Å²) in [6.07, 6.45) is 5.56. The minimum Gasteiger partial charge on any atom is -0.320 e. The Morgan fingerprint density at radius 1 is 1.62 bits per heavy atom. The average molecular weight is 215 g/mol. The van der Waals surface area contributed by atoms with Gasteiger partial charge in [-0.25, -0.2) is 4.98 Å². The molecule has 1 N–H and O–H groups in total. The lowest BCUT2D eigenvalue weighted by atomic mass is 10.0. The molecular formula is C11H13N5. The van der Waals surface area contributed by atoms with Crippen LogP contribution in [0.1, 0.15) is 25.6 Å². The van der Waals surface area contributed by atoms with E-state index in [0.29, 0.717) is 18.4 Å². The summed E-state index contributed by atoms with van der Waals surface area (Å²) in [4.78, 5) is 3.91. The van der Waals surface area contributed by atoms with Crippen molar-refractivity contribution in [3.8, 4) is 12.1 Å². The van der Waals surface area contributed by atoms with Gasteiger partial charge in [0, 0.05) is 18.4 Å². The third-order valence-corrected chi connectivity index (χ3v) is 2.65. The van der Waals surface area contributed by atoms with Crippen LogP contribution in [0.3, 0.4) is 0 Å². The molecular weight excluding hydrogens is 202 g/mol. The number of nitrogens with one attached hydrogen (secondary N) is 1. The molecule has 82 valence electrons. The topological polar surface area (TPSA) is 77.4 Å². The molecule has 1 unspecified atom stereocenters. The van der Waals surface area contributed by atoms with Gasteiger partial charge in [-0.3, -0.25) is 5.32 Å². The predicted octanol–water partition coefficient (Wildman–Crippen LogP) is 0.789. The highest BCUT2D eigenvalue weighted by Crippen LogP contribution is 2.23. The van der Waals surface area contributed by atoms with E-state index >= 15 is 0 Å². The molecule has 1 aliphatic rings. The zero-order valence-corrected chi connectivity index (χ0v) is 9.14. The number of imidazole rings is 1. The first-order chi connectivity index (χ1) is 7.67. The number of hydrogen-bond donors (Lipinski definition) is 1. The molecule has 1 aromatic rings. The van der Waals surface area contributed by atoms with Crippen LogP contribution >= 0.6 is 0 Å². The average Bonchev–Trinajstić information content (AvgIpc) is 2.96. The van der Waals surface area contributed by atoms with Crippen LogP contribution in [-0.4, -0.2) is 21.1 Å². The van der Waals surface area contributed by atoms with Crippen LogP contribution in [0.25, 0.3) is 0 Å². The fraction of sp³-hybridized carbons (Fsp3) is 0.545. The summed E-state index contributed by atoms with van der Waals surface area (Å²) in [5.41, 5.74) is -0.631. The van der Waals surface area contributed by atoms with Gasteiger partial charge in [0.2, 0.25) is 5.82 Å². The van der Waals surface area contributed by atoms with E-state index in [1.807, 2.05) is 13.0 Å². The van der Waals surface area contributed by atoms with E-state index < -0.39 is 5.54 Å². The highest BCUT2D eigenvalue weighted by Gasteiger charge is 2.33. The summed E-state index contributed by atoms with van der Waals surface area (Å²) < 4.78 is 1.71. The molecule has 1 atom stereocenters. The summed E-state index contributed by atoms with van der Waals surface area (Å²) in [7, 11) is 0. The fourth-order valence-corrected chi connectivity index (χ4v) is 1.68. The monoisotopic (exact) mass is 215 g/mol. The van der Waals surface area contributed by atoms with Crippen molar-refractivity contribution in [2.45, 2.75) is 37.9 Å². The second-order valence-corrected chi connectivity index (χ2v) is 4.35. The molecule has 1 aliphatic carbocycles. The second kappa shape index (κ2) is 3.96. The van der Waals surface area contributed by atoms with E-state index in [-0.39, 0.29) is 0 Å². The summed E-state index contributed by atoms with van der Waals surface area (Å²) in [5, 5.41) is 21.3. The molecule has 0 aliphatic heterocycles. The van der Waals surface area contributed by atoms with Gasteiger partial charge in [0.15, 0.2) is 0 Å². The van der Waals surface area contributed by atoms with Gasteiger partial charge in [-0.1, -0.05) is 0 Å². The van der Waals surface area contributed by atoms with Crippen LogP contribution < -0.4 is 5.32 Å². The van der Waals surface area contributed by atoms with E-state index in [0.717, 1.165) is 12.8 Å². The molecule has 2 rings (SSSR count). The van der Waals surface area contributed by atoms with Gasteiger partial charge in [0.25, 0.3) is 0 Å². The normalized spacial score (nSPS) is 18.4. The van der Waals surface area contributed by atoms with E-state index in [9.17, 15) is 5.26 Å². The quantitative estimate of drug-likeness (QED) is 0.805. The first kappa shape index (κ1) is 10.7. The summed E-state index contributed by atoms with van der Waals surface area (Å²) in [6, 6.07) is 4.73. The number of nitriles is 2. The lowest BCUT2D eigenvalue weighted by molar-refractivity contribution is 0.383. The van der Waals surface area contributed by atoms with E-state index in [1.165, 1.54) is 0 Å². The predicted molar refractivity (Wildman–Crippen MR) is 57.1 cm³/mol. The van der Waals surface area contributed by atoms with Gasteiger partial charge in [0.1, 0.15) is 11.6 Å². The molecule has 16 heavy (non-hydrogen) atoms. The van der Waals surface area contributed by atoms with Crippen molar-refractivity contribution >= 4 is 0 Å². The van der Waals surface area contributed by atoms with Gasteiger partial charge in [-0.05, 0) is 19.8 Å². The van der Waals surface area contributed by atoms with E-state index in [4.69, 9.17) is 5.26 Å². The highest BCUT2D eigenvalue weighted by atomic mass is 15.1. The Morgan fingerprint density at radius 3 is 2.94 bits per heavy atom. The number of aromatic nitrogens is 2. The molecule has 0 spiro atoms. The molecule has 0 bridgehead atoms. The van der Waals surface area contributed by atoms with Crippen LogP contribution in [0.15, 0.2) is 12.4 Å². The van der Waals surface area contributed by atoms with E-state index in [2.05, 4.69) is 16.4 Å². The third-order valence-electron chi connectivity index (χ3n) is 2.65. The number of nitrogens with zero attached hydrogens (tertiary/aromatic N) is 4. The van der Waals surface area contributed by atoms with Crippen molar-refractivity contribution in [3.05, 3.63) is 18.2 Å². The zero-order chi connectivity index (χ0) is 11.6. The largest absolute Gasteiger partial charge is 0.320 e. The van der Waals surface area contributed by atoms with Crippen LogP contribution in [0, 0.1) is 22.7 Å². The Bertz CT molecular complexity index is 459. The molecule has 0 aromatic carbocycles. The van der Waals surface area contributed by atoms with Crippen LogP contribution in [0.5, 0.6) is 0 Å². The Hall–Kier alpha value is -1.85. The lowest BCUT2D eigenvalue weighted by Gasteiger charge is -2.23. The van der Waals surface area contributed by atoms with Crippen molar-refractivity contribution < 1.29 is 0 Å². The molecule has 0 amide bonds. The first-order valence-corrected chi connectivity index (χ1v) is 5.27. The van der Waals surface area contributed by atoms with Crippen LogP contribution in [0.4, 0.5) is 0 Å².